The van der Waals surface area contributed by atoms with E-state index in [-0.39, 0.29) is 0 Å². The number of hydrogen-bond donors (Lipinski definition) is 0. The molecule has 2 nitrogen and oxygen atoms in total. The lowest BCUT2D eigenvalue weighted by molar-refractivity contribution is -0.00980. The zero-order valence-corrected chi connectivity index (χ0v) is 14.2. The van der Waals surface area contributed by atoms with Gasteiger partial charge in [0.15, 0.2) is 8.32 Å². The molecule has 1 aromatic carbocycles. The minimum absolute atomic E-state index is 0.453. The first kappa shape index (κ1) is 14.3. The highest BCUT2D eigenvalue weighted by molar-refractivity contribution is 9.10. The van der Waals surface area contributed by atoms with Crippen LogP contribution in [0.2, 0.25) is 19.6 Å². The van der Waals surface area contributed by atoms with Crippen molar-refractivity contribution in [1.82, 2.24) is 4.90 Å². The Morgan fingerprint density at radius 2 is 1.78 bits per heavy atom. The summed E-state index contributed by atoms with van der Waals surface area (Å²) in [6.45, 7) is 11.2. The van der Waals surface area contributed by atoms with Crippen molar-refractivity contribution in [2.45, 2.75) is 38.7 Å². The number of benzene rings is 1. The highest BCUT2D eigenvalue weighted by atomic mass is 79.9. The monoisotopic (exact) mass is 327 g/mol. The van der Waals surface area contributed by atoms with E-state index in [0.717, 1.165) is 17.6 Å². The zero-order valence-electron chi connectivity index (χ0n) is 11.6. The van der Waals surface area contributed by atoms with E-state index in [1.54, 1.807) is 0 Å². The second-order valence-corrected chi connectivity index (χ2v) is 11.4. The summed E-state index contributed by atoms with van der Waals surface area (Å²) >= 11 is 3.48. The van der Waals surface area contributed by atoms with E-state index in [1.807, 2.05) is 0 Å². The summed E-state index contributed by atoms with van der Waals surface area (Å²) in [6.07, 6.45) is 0.453. The third kappa shape index (κ3) is 3.67. The fraction of sp³-hybridized carbons (Fsp3) is 0.571. The highest BCUT2D eigenvalue weighted by Gasteiger charge is 2.34. The third-order valence-corrected chi connectivity index (χ3v) is 4.87. The Hall–Kier alpha value is -0.163. The maximum Gasteiger partial charge on any atom is 0.184 e. The second-order valence-electron chi connectivity index (χ2n) is 6.03. The summed E-state index contributed by atoms with van der Waals surface area (Å²) in [6, 6.07) is 9.10. The van der Waals surface area contributed by atoms with Gasteiger partial charge in [-0.25, -0.2) is 0 Å². The first-order valence-electron chi connectivity index (χ1n) is 6.52. The van der Waals surface area contributed by atoms with Crippen molar-refractivity contribution in [3.8, 4) is 0 Å². The van der Waals surface area contributed by atoms with Crippen molar-refractivity contribution in [3.05, 3.63) is 34.3 Å². The molecule has 1 aliphatic rings. The minimum atomic E-state index is -1.37. The molecule has 18 heavy (non-hydrogen) atoms. The molecule has 0 radical (unpaired) electrons. The lowest BCUT2D eigenvalue weighted by atomic mass is 10.0. The Morgan fingerprint density at radius 3 is 2.28 bits per heavy atom. The normalized spacial score (nSPS) is 19.6. The van der Waals surface area contributed by atoms with Crippen LogP contribution in [0.4, 0.5) is 0 Å². The van der Waals surface area contributed by atoms with E-state index in [1.165, 1.54) is 5.56 Å². The average molecular weight is 328 g/mol. The maximum atomic E-state index is 6.10. The largest absolute Gasteiger partial charge is 0.412 e. The first-order valence-corrected chi connectivity index (χ1v) is 10.7. The molecule has 0 aliphatic carbocycles. The molecule has 1 saturated heterocycles. The first-order chi connectivity index (χ1) is 8.35. The van der Waals surface area contributed by atoms with Crippen LogP contribution in [0.1, 0.15) is 18.5 Å². The molecule has 1 heterocycles. The second kappa shape index (κ2) is 5.45. The summed E-state index contributed by atoms with van der Waals surface area (Å²) in [7, 11) is -1.37. The molecule has 0 amide bonds. The smallest absolute Gasteiger partial charge is 0.184 e. The van der Waals surface area contributed by atoms with Crippen LogP contribution in [0.5, 0.6) is 0 Å². The van der Waals surface area contributed by atoms with Gasteiger partial charge in [0.05, 0.1) is 6.10 Å². The van der Waals surface area contributed by atoms with Crippen LogP contribution < -0.4 is 0 Å². The predicted molar refractivity (Wildman–Crippen MR) is 82.3 cm³/mol. The van der Waals surface area contributed by atoms with Gasteiger partial charge in [0.1, 0.15) is 0 Å². The molecule has 0 bridgehead atoms. The molecule has 0 saturated carbocycles. The zero-order chi connectivity index (χ0) is 13.3. The minimum Gasteiger partial charge on any atom is -0.412 e. The van der Waals surface area contributed by atoms with E-state index in [4.69, 9.17) is 4.43 Å². The molecule has 100 valence electrons. The summed E-state index contributed by atoms with van der Waals surface area (Å²) in [4.78, 5) is 2.48. The van der Waals surface area contributed by atoms with Gasteiger partial charge >= 0.3 is 0 Å². The quantitative estimate of drug-likeness (QED) is 0.773. The Labute approximate surface area is 120 Å². The highest BCUT2D eigenvalue weighted by Crippen LogP contribution is 2.28. The van der Waals surface area contributed by atoms with Crippen LogP contribution in [0.25, 0.3) is 0 Å². The van der Waals surface area contributed by atoms with Crippen LogP contribution in [0.15, 0.2) is 28.7 Å². The molecular formula is C14H22BrNOSi. The maximum absolute atomic E-state index is 6.10. The summed E-state index contributed by atoms with van der Waals surface area (Å²) in [5.74, 6) is 0. The Bertz CT molecular complexity index is 395. The summed E-state index contributed by atoms with van der Waals surface area (Å²) < 4.78 is 7.24. The van der Waals surface area contributed by atoms with Crippen LogP contribution in [-0.4, -0.2) is 32.4 Å². The average Bonchev–Trinajstić information content (AvgIpc) is 2.22. The van der Waals surface area contributed by atoms with Crippen LogP contribution in [-0.2, 0) is 4.43 Å². The van der Waals surface area contributed by atoms with Gasteiger partial charge in [0.2, 0.25) is 0 Å². The fourth-order valence-electron chi connectivity index (χ4n) is 2.31. The van der Waals surface area contributed by atoms with Gasteiger partial charge < -0.3 is 4.43 Å². The van der Waals surface area contributed by atoms with Gasteiger partial charge in [-0.05, 0) is 44.3 Å². The van der Waals surface area contributed by atoms with Crippen molar-refractivity contribution in [2.24, 2.45) is 0 Å². The molecule has 1 aliphatic heterocycles. The van der Waals surface area contributed by atoms with E-state index < -0.39 is 8.32 Å². The molecule has 1 aromatic rings. The molecule has 1 unspecified atom stereocenters. The third-order valence-electron chi connectivity index (χ3n) is 3.30. The standard InChI is InChI=1S/C14H22BrNOSi/c1-11(12-5-7-13(15)8-6-12)16-9-14(10-16)17-18(2,3)4/h5-8,11,14H,9-10H2,1-4H3. The van der Waals surface area contributed by atoms with Crippen LogP contribution in [0.3, 0.4) is 0 Å². The van der Waals surface area contributed by atoms with Crippen LogP contribution >= 0.6 is 15.9 Å². The summed E-state index contributed by atoms with van der Waals surface area (Å²) in [5.41, 5.74) is 1.38. The lowest BCUT2D eigenvalue weighted by Gasteiger charge is -2.45. The molecule has 1 atom stereocenters. The van der Waals surface area contributed by atoms with Crippen molar-refractivity contribution < 1.29 is 4.43 Å². The van der Waals surface area contributed by atoms with Gasteiger partial charge in [-0.2, -0.15) is 0 Å². The van der Waals surface area contributed by atoms with Crippen LogP contribution in [0, 0.1) is 0 Å². The van der Waals surface area contributed by atoms with E-state index in [9.17, 15) is 0 Å². The predicted octanol–water partition coefficient (Wildman–Crippen LogP) is 4.05. The molecule has 0 aromatic heterocycles. The van der Waals surface area contributed by atoms with E-state index in [0.29, 0.717) is 12.1 Å². The van der Waals surface area contributed by atoms with Gasteiger partial charge in [0.25, 0.3) is 0 Å². The molecule has 0 N–H and O–H groups in total. The fourth-order valence-corrected chi connectivity index (χ4v) is 3.73. The molecule has 4 heteroatoms. The number of nitrogens with zero attached hydrogens (tertiary/aromatic N) is 1. The Morgan fingerprint density at radius 1 is 1.22 bits per heavy atom. The van der Waals surface area contributed by atoms with Gasteiger partial charge in [-0.1, -0.05) is 28.1 Å². The van der Waals surface area contributed by atoms with Gasteiger partial charge in [-0.3, -0.25) is 4.90 Å². The number of likely N-dealkylation sites (tertiary alicyclic amines) is 1. The lowest BCUT2D eigenvalue weighted by Crippen LogP contribution is -2.55. The van der Waals surface area contributed by atoms with Gasteiger partial charge in [0, 0.05) is 23.6 Å². The van der Waals surface area contributed by atoms with Crippen molar-refractivity contribution in [2.75, 3.05) is 13.1 Å². The molecular weight excluding hydrogens is 306 g/mol. The van der Waals surface area contributed by atoms with Crippen molar-refractivity contribution in [3.63, 3.8) is 0 Å². The number of hydrogen-bond acceptors (Lipinski definition) is 2. The molecule has 0 spiro atoms. The Kier molecular flexibility index (Phi) is 4.31. The number of rotatable bonds is 4. The van der Waals surface area contributed by atoms with E-state index >= 15 is 0 Å². The topological polar surface area (TPSA) is 12.5 Å². The SMILES string of the molecule is CC(c1ccc(Br)cc1)N1CC(O[Si](C)(C)C)C1. The molecule has 2 rings (SSSR count). The van der Waals surface area contributed by atoms with Gasteiger partial charge in [-0.15, -0.1) is 0 Å². The van der Waals surface area contributed by atoms with Crippen molar-refractivity contribution >= 4 is 24.2 Å². The number of halogens is 1. The van der Waals surface area contributed by atoms with E-state index in [2.05, 4.69) is 71.7 Å². The summed E-state index contributed by atoms with van der Waals surface area (Å²) in [5, 5.41) is 0. The van der Waals surface area contributed by atoms with Crippen molar-refractivity contribution in [1.29, 1.82) is 0 Å². The molecule has 1 fully saturated rings. The Balaban J connectivity index is 1.86.